The third-order valence-corrected chi connectivity index (χ3v) is 6.96. The molecule has 1 aliphatic rings. The fourth-order valence-corrected chi connectivity index (χ4v) is 4.66. The predicted molar refractivity (Wildman–Crippen MR) is 161 cm³/mol. The van der Waals surface area contributed by atoms with Gasteiger partial charge in [-0.2, -0.15) is 18.2 Å². The van der Waals surface area contributed by atoms with E-state index in [4.69, 9.17) is 0 Å². The van der Waals surface area contributed by atoms with Crippen molar-refractivity contribution in [3.63, 3.8) is 0 Å². The van der Waals surface area contributed by atoms with Crippen LogP contribution >= 0.6 is 0 Å². The number of hydrogen-bond acceptors (Lipinski definition) is 8. The summed E-state index contributed by atoms with van der Waals surface area (Å²) in [6, 6.07) is 13.3. The zero-order valence-electron chi connectivity index (χ0n) is 24.5. The quantitative estimate of drug-likeness (QED) is 0.267. The van der Waals surface area contributed by atoms with Gasteiger partial charge in [-0.15, -0.1) is 0 Å². The molecule has 2 heterocycles. The van der Waals surface area contributed by atoms with Crippen LogP contribution in [0.2, 0.25) is 0 Å². The smallest absolute Gasteiger partial charge is 0.368 e. The van der Waals surface area contributed by atoms with Crippen LogP contribution in [0.5, 0.6) is 0 Å². The average molecular weight is 611 g/mol. The summed E-state index contributed by atoms with van der Waals surface area (Å²) in [5.41, 5.74) is -0.418. The normalized spacial score (nSPS) is 13.6. The molecule has 1 fully saturated rings. The van der Waals surface area contributed by atoms with Crippen LogP contribution in [0.4, 0.5) is 42.0 Å². The molecule has 44 heavy (non-hydrogen) atoms. The van der Waals surface area contributed by atoms with Crippen molar-refractivity contribution < 1.29 is 27.6 Å². The van der Waals surface area contributed by atoms with Gasteiger partial charge in [0.15, 0.2) is 0 Å². The number of hydrogen-bond donors (Lipinski definition) is 4. The molecule has 2 aromatic carbocycles. The van der Waals surface area contributed by atoms with E-state index in [2.05, 4.69) is 42.7 Å². The number of aromatic nitrogens is 2. The molecule has 4 rings (SSSR count). The molecule has 232 valence electrons. The summed E-state index contributed by atoms with van der Waals surface area (Å²) in [6.07, 6.45) is -2.94. The number of carbonyl (C=O) groups is 3. The van der Waals surface area contributed by atoms with Crippen molar-refractivity contribution in [1.29, 1.82) is 0 Å². The second-order valence-corrected chi connectivity index (χ2v) is 10.5. The molecule has 1 aliphatic heterocycles. The topological polar surface area (TPSA) is 132 Å². The van der Waals surface area contributed by atoms with Crippen LogP contribution in [-0.2, 0) is 15.8 Å². The fourth-order valence-electron chi connectivity index (χ4n) is 4.66. The van der Waals surface area contributed by atoms with Crippen LogP contribution in [0.3, 0.4) is 0 Å². The highest BCUT2D eigenvalue weighted by Gasteiger charge is 2.36. The Kier molecular flexibility index (Phi) is 9.40. The molecule has 1 saturated heterocycles. The van der Waals surface area contributed by atoms with Gasteiger partial charge in [-0.25, -0.2) is 4.98 Å². The second kappa shape index (κ2) is 13.0. The van der Waals surface area contributed by atoms with Crippen LogP contribution in [0.25, 0.3) is 0 Å². The highest BCUT2D eigenvalue weighted by molar-refractivity contribution is 6.00. The molecule has 0 spiro atoms. The molecular weight excluding hydrogens is 577 g/mol. The summed E-state index contributed by atoms with van der Waals surface area (Å²) >= 11 is 0. The van der Waals surface area contributed by atoms with E-state index < -0.39 is 34.9 Å². The number of para-hydroxylation sites is 1. The summed E-state index contributed by atoms with van der Waals surface area (Å²) in [7, 11) is 1.43. The first kappa shape index (κ1) is 31.8. The number of benzene rings is 2. The third kappa shape index (κ3) is 7.43. The van der Waals surface area contributed by atoms with E-state index in [-0.39, 0.29) is 23.1 Å². The van der Waals surface area contributed by atoms with Crippen molar-refractivity contribution in [3.05, 3.63) is 78.5 Å². The number of rotatable bonds is 9. The zero-order chi connectivity index (χ0) is 32.1. The summed E-state index contributed by atoms with van der Waals surface area (Å²) in [5, 5.41) is 10.7. The minimum atomic E-state index is -4.74. The van der Waals surface area contributed by atoms with Crippen molar-refractivity contribution in [2.24, 2.45) is 0 Å². The molecule has 3 aromatic rings. The highest BCUT2D eigenvalue weighted by atomic mass is 19.4. The molecule has 1 aromatic heterocycles. The Bertz CT molecular complexity index is 1540. The van der Waals surface area contributed by atoms with E-state index in [0.29, 0.717) is 38.1 Å². The Morgan fingerprint density at radius 3 is 2.23 bits per heavy atom. The van der Waals surface area contributed by atoms with Crippen LogP contribution in [0.1, 0.15) is 29.8 Å². The van der Waals surface area contributed by atoms with Gasteiger partial charge in [-0.05, 0) is 56.3 Å². The predicted octanol–water partition coefficient (Wildman–Crippen LogP) is 4.07. The molecule has 0 unspecified atom stereocenters. The molecule has 0 radical (unpaired) electrons. The van der Waals surface area contributed by atoms with Gasteiger partial charge in [0.25, 0.3) is 5.91 Å². The molecule has 0 atom stereocenters. The zero-order valence-corrected chi connectivity index (χ0v) is 24.5. The highest BCUT2D eigenvalue weighted by Crippen LogP contribution is 2.36. The van der Waals surface area contributed by atoms with Gasteiger partial charge in [-0.3, -0.25) is 14.4 Å². The lowest BCUT2D eigenvalue weighted by Gasteiger charge is -2.39. The van der Waals surface area contributed by atoms with Gasteiger partial charge in [0.05, 0.1) is 11.3 Å². The number of amides is 3. The second-order valence-electron chi connectivity index (χ2n) is 10.5. The van der Waals surface area contributed by atoms with Gasteiger partial charge >= 0.3 is 6.18 Å². The van der Waals surface area contributed by atoms with E-state index in [1.807, 2.05) is 12.1 Å². The number of alkyl halides is 3. The standard InChI is InChI=1S/C30H33F3N8O3/c1-5-24(42)39-29(2,3)27(44)41-16-14-40(15-17-41)20-12-10-19(11-13-20)36-28-35-18-22(30(31,32)33)25(38-28)37-23-9-7-6-8-21(23)26(43)34-4/h5-13,18H,1,14-17H2,2-4H3,(H,34,43)(H,39,42)(H2,35,36,37,38). The largest absolute Gasteiger partial charge is 0.421 e. The Hall–Kier alpha value is -5.14. The maximum Gasteiger partial charge on any atom is 0.421 e. The van der Waals surface area contributed by atoms with Crippen molar-refractivity contribution >= 4 is 46.5 Å². The molecule has 3 amide bonds. The molecule has 4 N–H and O–H groups in total. The first-order valence-corrected chi connectivity index (χ1v) is 13.7. The Morgan fingerprint density at radius 2 is 1.61 bits per heavy atom. The number of nitrogens with zero attached hydrogens (tertiary/aromatic N) is 4. The van der Waals surface area contributed by atoms with E-state index >= 15 is 0 Å². The van der Waals surface area contributed by atoms with Crippen LogP contribution < -0.4 is 26.2 Å². The van der Waals surface area contributed by atoms with Gasteiger partial charge in [-0.1, -0.05) is 18.7 Å². The minimum Gasteiger partial charge on any atom is -0.368 e. The minimum absolute atomic E-state index is 0.0797. The van der Waals surface area contributed by atoms with Crippen molar-refractivity contribution in [2.75, 3.05) is 48.8 Å². The SMILES string of the molecule is C=CC(=O)NC(C)(C)C(=O)N1CCN(c2ccc(Nc3ncc(C(F)(F)F)c(Nc4ccccc4C(=O)NC)n3)cc2)CC1. The first-order valence-electron chi connectivity index (χ1n) is 13.7. The molecule has 0 saturated carbocycles. The summed E-state index contributed by atoms with van der Waals surface area (Å²) in [6.45, 7) is 8.78. The number of carbonyl (C=O) groups excluding carboxylic acids is 3. The molecule has 14 heteroatoms. The average Bonchev–Trinajstić information content (AvgIpc) is 3.00. The lowest BCUT2D eigenvalue weighted by atomic mass is 10.0. The molecule has 0 aliphatic carbocycles. The van der Waals surface area contributed by atoms with Crippen molar-refractivity contribution in [2.45, 2.75) is 25.6 Å². The Morgan fingerprint density at radius 1 is 0.955 bits per heavy atom. The summed E-state index contributed by atoms with van der Waals surface area (Å²) in [5.74, 6) is -1.67. The monoisotopic (exact) mass is 610 g/mol. The summed E-state index contributed by atoms with van der Waals surface area (Å²) < 4.78 is 41.3. The maximum atomic E-state index is 13.8. The number of anilines is 5. The number of nitrogens with one attached hydrogen (secondary N) is 4. The van der Waals surface area contributed by atoms with Crippen LogP contribution in [0.15, 0.2) is 67.4 Å². The van der Waals surface area contributed by atoms with Gasteiger partial charge in [0.2, 0.25) is 17.8 Å². The van der Waals surface area contributed by atoms with Gasteiger partial charge in [0, 0.05) is 50.8 Å². The van der Waals surface area contributed by atoms with E-state index in [1.54, 1.807) is 43.0 Å². The Labute approximate surface area is 252 Å². The lowest BCUT2D eigenvalue weighted by molar-refractivity contribution is -0.139. The maximum absolute atomic E-state index is 13.8. The summed E-state index contributed by atoms with van der Waals surface area (Å²) in [4.78, 5) is 48.6. The van der Waals surface area contributed by atoms with E-state index in [1.165, 1.54) is 19.2 Å². The molecule has 0 bridgehead atoms. The fraction of sp³-hybridized carbons (Fsp3) is 0.300. The lowest BCUT2D eigenvalue weighted by Crippen LogP contribution is -2.59. The van der Waals surface area contributed by atoms with Crippen molar-refractivity contribution in [3.8, 4) is 0 Å². The third-order valence-electron chi connectivity index (χ3n) is 6.96. The first-order chi connectivity index (χ1) is 20.8. The van der Waals surface area contributed by atoms with Gasteiger partial charge < -0.3 is 31.1 Å². The molecular formula is C30H33F3N8O3. The van der Waals surface area contributed by atoms with E-state index in [9.17, 15) is 27.6 Å². The molecule has 11 nitrogen and oxygen atoms in total. The Balaban J connectivity index is 1.45. The number of piperazine rings is 1. The number of halogens is 3. The van der Waals surface area contributed by atoms with E-state index in [0.717, 1.165) is 11.8 Å². The van der Waals surface area contributed by atoms with Crippen molar-refractivity contribution in [1.82, 2.24) is 25.5 Å². The van der Waals surface area contributed by atoms with Crippen LogP contribution in [-0.4, -0.2) is 71.4 Å². The van der Waals surface area contributed by atoms with Gasteiger partial charge in [0.1, 0.15) is 16.9 Å². The van der Waals surface area contributed by atoms with Crippen LogP contribution in [0, 0.1) is 0 Å².